The molecule has 2 aromatic carbocycles. The van der Waals surface area contributed by atoms with Gasteiger partial charge < -0.3 is 15.1 Å². The Kier molecular flexibility index (Phi) is 5.36. The first-order valence-electron chi connectivity index (χ1n) is 8.18. The summed E-state index contributed by atoms with van der Waals surface area (Å²) in [6, 6.07) is 13.8. The summed E-state index contributed by atoms with van der Waals surface area (Å²) < 4.78 is 0. The van der Waals surface area contributed by atoms with E-state index < -0.39 is 0 Å². The lowest BCUT2D eigenvalue weighted by atomic mass is 10.1. The molecule has 0 radical (unpaired) electrons. The molecule has 2 aromatic rings. The molecule has 25 heavy (non-hydrogen) atoms. The van der Waals surface area contributed by atoms with Crippen LogP contribution in [0.25, 0.3) is 0 Å². The van der Waals surface area contributed by atoms with Crippen LogP contribution in [-0.4, -0.2) is 54.8 Å². The van der Waals surface area contributed by atoms with Gasteiger partial charge in [-0.1, -0.05) is 23.7 Å². The molecule has 1 aliphatic rings. The maximum Gasteiger partial charge on any atom is 0.255 e. The molecule has 1 heterocycles. The van der Waals surface area contributed by atoms with Gasteiger partial charge in [-0.15, -0.1) is 0 Å². The van der Waals surface area contributed by atoms with E-state index >= 15 is 0 Å². The molecule has 1 saturated heterocycles. The molecule has 5 nitrogen and oxygen atoms in total. The highest BCUT2D eigenvalue weighted by molar-refractivity contribution is 6.31. The van der Waals surface area contributed by atoms with Crippen molar-refractivity contribution >= 4 is 29.1 Å². The number of piperazine rings is 1. The van der Waals surface area contributed by atoms with Crippen LogP contribution in [0, 0.1) is 0 Å². The van der Waals surface area contributed by atoms with E-state index in [0.29, 0.717) is 34.9 Å². The lowest BCUT2D eigenvalue weighted by Crippen LogP contribution is -2.47. The fraction of sp³-hybridized carbons (Fsp3) is 0.263. The van der Waals surface area contributed by atoms with Crippen molar-refractivity contribution in [3.8, 4) is 0 Å². The van der Waals surface area contributed by atoms with Crippen LogP contribution in [0.1, 0.15) is 20.7 Å². The van der Waals surface area contributed by atoms with Crippen molar-refractivity contribution in [2.24, 2.45) is 0 Å². The number of benzene rings is 2. The molecule has 0 unspecified atom stereocenters. The molecular weight excluding hydrogens is 338 g/mol. The number of halogens is 1. The molecule has 1 N–H and O–H groups in total. The molecule has 130 valence electrons. The summed E-state index contributed by atoms with van der Waals surface area (Å²) in [5.41, 5.74) is 1.59. The Bertz CT molecular complexity index is 786. The molecule has 6 heteroatoms. The Morgan fingerprint density at radius 2 is 1.64 bits per heavy atom. The van der Waals surface area contributed by atoms with Gasteiger partial charge in [0.2, 0.25) is 0 Å². The second kappa shape index (κ2) is 7.68. The van der Waals surface area contributed by atoms with E-state index in [4.69, 9.17) is 11.6 Å². The fourth-order valence-electron chi connectivity index (χ4n) is 2.76. The van der Waals surface area contributed by atoms with E-state index in [2.05, 4.69) is 10.2 Å². The van der Waals surface area contributed by atoms with Crippen LogP contribution in [0.5, 0.6) is 0 Å². The number of nitrogens with one attached hydrogen (secondary N) is 1. The van der Waals surface area contributed by atoms with Crippen LogP contribution in [0.4, 0.5) is 5.69 Å². The highest BCUT2D eigenvalue weighted by atomic mass is 35.5. The van der Waals surface area contributed by atoms with Gasteiger partial charge in [0.1, 0.15) is 0 Å². The summed E-state index contributed by atoms with van der Waals surface area (Å²) in [6.07, 6.45) is 0. The predicted octanol–water partition coefficient (Wildman–Crippen LogP) is 2.98. The molecule has 0 aromatic heterocycles. The third-order valence-corrected chi connectivity index (χ3v) is 4.48. The molecule has 0 aliphatic carbocycles. The van der Waals surface area contributed by atoms with Crippen molar-refractivity contribution in [3.05, 3.63) is 64.7 Å². The first kappa shape index (κ1) is 17.5. The highest BCUT2D eigenvalue weighted by Crippen LogP contribution is 2.17. The molecule has 0 bridgehead atoms. The topological polar surface area (TPSA) is 52.7 Å². The van der Waals surface area contributed by atoms with E-state index in [1.165, 1.54) is 0 Å². The maximum atomic E-state index is 12.6. The third kappa shape index (κ3) is 4.38. The molecular formula is C19H20ClN3O2. The minimum Gasteiger partial charge on any atom is -0.336 e. The standard InChI is InChI=1S/C19H20ClN3O2/c1-22-8-10-23(11-9-22)19(25)15-5-2-4-14(12-15)18(24)21-17-7-3-6-16(20)13-17/h2-7,12-13H,8-11H2,1H3,(H,21,24). The van der Waals surface area contributed by atoms with Gasteiger partial charge >= 0.3 is 0 Å². The van der Waals surface area contributed by atoms with Gasteiger partial charge in [0.05, 0.1) is 0 Å². The minimum atomic E-state index is -0.268. The number of anilines is 1. The van der Waals surface area contributed by atoms with Gasteiger partial charge in [-0.25, -0.2) is 0 Å². The second-order valence-corrected chi connectivity index (χ2v) is 6.58. The first-order chi connectivity index (χ1) is 12.0. The highest BCUT2D eigenvalue weighted by Gasteiger charge is 2.21. The largest absolute Gasteiger partial charge is 0.336 e. The Morgan fingerprint density at radius 1 is 0.960 bits per heavy atom. The molecule has 1 fully saturated rings. The van der Waals surface area contributed by atoms with Gasteiger partial charge in [0.15, 0.2) is 0 Å². The number of carbonyl (C=O) groups is 2. The quantitative estimate of drug-likeness (QED) is 0.918. The zero-order chi connectivity index (χ0) is 17.8. The third-order valence-electron chi connectivity index (χ3n) is 4.24. The molecule has 3 rings (SSSR count). The van der Waals surface area contributed by atoms with Crippen LogP contribution in [-0.2, 0) is 0 Å². The van der Waals surface area contributed by atoms with Crippen LogP contribution in [0.2, 0.25) is 5.02 Å². The summed E-state index contributed by atoms with van der Waals surface area (Å²) in [4.78, 5) is 29.1. The second-order valence-electron chi connectivity index (χ2n) is 6.14. The van der Waals surface area contributed by atoms with E-state index in [1.54, 1.807) is 48.5 Å². The number of hydrogen-bond donors (Lipinski definition) is 1. The van der Waals surface area contributed by atoms with Crippen molar-refractivity contribution in [1.82, 2.24) is 9.80 Å². The predicted molar refractivity (Wildman–Crippen MR) is 99.2 cm³/mol. The summed E-state index contributed by atoms with van der Waals surface area (Å²) in [7, 11) is 2.04. The summed E-state index contributed by atoms with van der Waals surface area (Å²) in [5, 5.41) is 3.35. The Hall–Kier alpha value is -2.37. The lowest BCUT2D eigenvalue weighted by molar-refractivity contribution is 0.0664. The first-order valence-corrected chi connectivity index (χ1v) is 8.55. The number of hydrogen-bond acceptors (Lipinski definition) is 3. The van der Waals surface area contributed by atoms with E-state index in [1.807, 2.05) is 11.9 Å². The molecule has 2 amide bonds. The van der Waals surface area contributed by atoms with Crippen LogP contribution in [0.3, 0.4) is 0 Å². The smallest absolute Gasteiger partial charge is 0.255 e. The average Bonchev–Trinajstić information content (AvgIpc) is 2.62. The van der Waals surface area contributed by atoms with E-state index in [0.717, 1.165) is 13.1 Å². The maximum absolute atomic E-state index is 12.6. The number of amides is 2. The number of rotatable bonds is 3. The van der Waals surface area contributed by atoms with Crippen molar-refractivity contribution in [2.45, 2.75) is 0 Å². The zero-order valence-electron chi connectivity index (χ0n) is 14.0. The van der Waals surface area contributed by atoms with Gasteiger partial charge in [-0.05, 0) is 43.4 Å². The molecule has 0 saturated carbocycles. The van der Waals surface area contributed by atoms with Crippen LogP contribution in [0.15, 0.2) is 48.5 Å². The Balaban J connectivity index is 1.72. The van der Waals surface area contributed by atoms with E-state index in [9.17, 15) is 9.59 Å². The van der Waals surface area contributed by atoms with Crippen molar-refractivity contribution < 1.29 is 9.59 Å². The van der Waals surface area contributed by atoms with Crippen LogP contribution >= 0.6 is 11.6 Å². The summed E-state index contributed by atoms with van der Waals surface area (Å²) in [6.45, 7) is 3.13. The number of carbonyl (C=O) groups excluding carboxylic acids is 2. The normalized spacial score (nSPS) is 15.0. The SMILES string of the molecule is CN1CCN(C(=O)c2cccc(C(=O)Nc3cccc(Cl)c3)c2)CC1. The van der Waals surface area contributed by atoms with Gasteiger partial charge in [-0.2, -0.15) is 0 Å². The summed E-state index contributed by atoms with van der Waals surface area (Å²) >= 11 is 5.93. The average molecular weight is 358 g/mol. The van der Waals surface area contributed by atoms with Crippen LogP contribution < -0.4 is 5.32 Å². The van der Waals surface area contributed by atoms with Crippen molar-refractivity contribution in [1.29, 1.82) is 0 Å². The number of likely N-dealkylation sites (N-methyl/N-ethyl adjacent to an activating group) is 1. The lowest BCUT2D eigenvalue weighted by Gasteiger charge is -2.32. The number of nitrogens with zero attached hydrogens (tertiary/aromatic N) is 2. The fourth-order valence-corrected chi connectivity index (χ4v) is 2.95. The van der Waals surface area contributed by atoms with Crippen molar-refractivity contribution in [2.75, 3.05) is 38.5 Å². The van der Waals surface area contributed by atoms with Gasteiger partial charge in [0.25, 0.3) is 11.8 Å². The summed E-state index contributed by atoms with van der Waals surface area (Å²) in [5.74, 6) is -0.305. The minimum absolute atomic E-state index is 0.0366. The Morgan fingerprint density at radius 3 is 2.36 bits per heavy atom. The zero-order valence-corrected chi connectivity index (χ0v) is 14.8. The molecule has 0 atom stereocenters. The van der Waals surface area contributed by atoms with Crippen molar-refractivity contribution in [3.63, 3.8) is 0 Å². The van der Waals surface area contributed by atoms with E-state index in [-0.39, 0.29) is 11.8 Å². The van der Waals surface area contributed by atoms with Gasteiger partial charge in [-0.3, -0.25) is 9.59 Å². The Labute approximate surface area is 152 Å². The van der Waals surface area contributed by atoms with Gasteiger partial charge in [0, 0.05) is 48.0 Å². The molecule has 1 aliphatic heterocycles. The molecule has 0 spiro atoms. The monoisotopic (exact) mass is 357 g/mol.